The Morgan fingerprint density at radius 1 is 1.20 bits per heavy atom. The van der Waals surface area contributed by atoms with Gasteiger partial charge >= 0.3 is 0 Å². The van der Waals surface area contributed by atoms with Gasteiger partial charge < -0.3 is 15.5 Å². The second-order valence-corrected chi connectivity index (χ2v) is 6.79. The van der Waals surface area contributed by atoms with Crippen LogP contribution in [0.1, 0.15) is 47.9 Å². The van der Waals surface area contributed by atoms with Crippen molar-refractivity contribution < 1.29 is 19.4 Å². The molecule has 134 valence electrons. The van der Waals surface area contributed by atoms with Crippen LogP contribution >= 0.6 is 0 Å². The molecule has 0 radical (unpaired) electrons. The number of aliphatic hydroxyl groups excluding tert-OH is 1. The average Bonchev–Trinajstić information content (AvgIpc) is 2.58. The summed E-state index contributed by atoms with van der Waals surface area (Å²) in [6.45, 7) is 3.54. The molecule has 0 aromatic heterocycles. The molecule has 4 nitrogen and oxygen atoms in total. The van der Waals surface area contributed by atoms with Crippen molar-refractivity contribution in [2.24, 2.45) is 0 Å². The van der Waals surface area contributed by atoms with Crippen molar-refractivity contribution in [2.75, 3.05) is 6.54 Å². The molecule has 0 aliphatic rings. The lowest BCUT2D eigenvalue weighted by Crippen LogP contribution is -2.28. The van der Waals surface area contributed by atoms with Crippen LogP contribution in [-0.4, -0.2) is 28.3 Å². The predicted octanol–water partition coefficient (Wildman–Crippen LogP) is 2.99. The lowest BCUT2D eigenvalue weighted by Gasteiger charge is -2.17. The average molecular weight is 345 g/mol. The summed E-state index contributed by atoms with van der Waals surface area (Å²) in [4.78, 5) is 12.3. The summed E-state index contributed by atoms with van der Waals surface area (Å²) in [7, 11) is 0. The molecule has 1 atom stereocenters. The molecule has 25 heavy (non-hydrogen) atoms. The minimum Gasteiger partial charge on any atom is -0.390 e. The van der Waals surface area contributed by atoms with Gasteiger partial charge in [0.1, 0.15) is 5.82 Å². The number of nitrogens with one attached hydrogen (secondary N) is 1. The topological polar surface area (TPSA) is 69.6 Å². The first-order valence-electron chi connectivity index (χ1n) is 8.28. The molecular weight excluding hydrogens is 321 g/mol. The Balaban J connectivity index is 1.93. The number of hydrogen-bond acceptors (Lipinski definition) is 3. The predicted molar refractivity (Wildman–Crippen MR) is 94.8 cm³/mol. The quantitative estimate of drug-likeness (QED) is 0.722. The fourth-order valence-corrected chi connectivity index (χ4v) is 2.41. The maximum atomic E-state index is 12.9. The van der Waals surface area contributed by atoms with Gasteiger partial charge in [-0.2, -0.15) is 0 Å². The number of rotatable bonds is 7. The van der Waals surface area contributed by atoms with Crippen LogP contribution < -0.4 is 5.32 Å². The summed E-state index contributed by atoms with van der Waals surface area (Å²) in [6.07, 6.45) is 0.368. The molecule has 0 spiro atoms. The van der Waals surface area contributed by atoms with E-state index >= 15 is 0 Å². The van der Waals surface area contributed by atoms with Crippen LogP contribution in [0.3, 0.4) is 0 Å². The van der Waals surface area contributed by atoms with Gasteiger partial charge in [0.2, 0.25) is 0 Å². The summed E-state index contributed by atoms with van der Waals surface area (Å²) in [5.41, 5.74) is 1.26. The molecule has 3 N–H and O–H groups in total. The molecule has 0 saturated carbocycles. The SMILES string of the molecule is CC(C)(O)CCc1cccc(C(=O)NC[C@H](O)c2ccc(F)cc2)c1. The van der Waals surface area contributed by atoms with E-state index in [-0.39, 0.29) is 18.3 Å². The minimum atomic E-state index is -0.900. The Hall–Kier alpha value is -2.24. The molecule has 0 bridgehead atoms. The molecule has 5 heteroatoms. The second-order valence-electron chi connectivity index (χ2n) is 6.79. The van der Waals surface area contributed by atoms with E-state index in [0.29, 0.717) is 24.0 Å². The lowest BCUT2D eigenvalue weighted by molar-refractivity contribution is 0.0714. The Morgan fingerprint density at radius 2 is 1.88 bits per heavy atom. The van der Waals surface area contributed by atoms with E-state index in [1.807, 2.05) is 6.07 Å². The molecule has 2 aromatic rings. The molecule has 1 amide bonds. The van der Waals surface area contributed by atoms with Crippen molar-refractivity contribution in [1.82, 2.24) is 5.32 Å². The maximum Gasteiger partial charge on any atom is 0.251 e. The van der Waals surface area contributed by atoms with Crippen LogP contribution in [-0.2, 0) is 6.42 Å². The van der Waals surface area contributed by atoms with Crippen LogP contribution in [0.2, 0.25) is 0 Å². The highest BCUT2D eigenvalue weighted by atomic mass is 19.1. The highest BCUT2D eigenvalue weighted by Gasteiger charge is 2.14. The number of benzene rings is 2. The fourth-order valence-electron chi connectivity index (χ4n) is 2.41. The second kappa shape index (κ2) is 8.23. The molecular formula is C20H24FNO3. The van der Waals surface area contributed by atoms with Gasteiger partial charge in [-0.25, -0.2) is 4.39 Å². The van der Waals surface area contributed by atoms with Gasteiger partial charge in [0.15, 0.2) is 0 Å². The van der Waals surface area contributed by atoms with Crippen molar-refractivity contribution in [3.05, 3.63) is 71.0 Å². The minimum absolute atomic E-state index is 0.0400. The first kappa shape index (κ1) is 19.1. The summed E-state index contributed by atoms with van der Waals surface area (Å²) < 4.78 is 12.9. The summed E-state index contributed by atoms with van der Waals surface area (Å²) >= 11 is 0. The third-order valence-electron chi connectivity index (χ3n) is 3.93. The number of hydrogen-bond donors (Lipinski definition) is 3. The van der Waals surface area contributed by atoms with Crippen molar-refractivity contribution in [2.45, 2.75) is 38.4 Å². The first-order chi connectivity index (χ1) is 11.7. The number of aliphatic hydroxyl groups is 2. The Kier molecular flexibility index (Phi) is 6.28. The Labute approximate surface area is 147 Å². The van der Waals surface area contributed by atoms with Crippen molar-refractivity contribution in [3.8, 4) is 0 Å². The highest BCUT2D eigenvalue weighted by molar-refractivity contribution is 5.94. The van der Waals surface area contributed by atoms with Crippen LogP contribution in [0, 0.1) is 5.82 Å². The highest BCUT2D eigenvalue weighted by Crippen LogP contribution is 2.15. The molecule has 0 saturated heterocycles. The van der Waals surface area contributed by atoms with Gasteiger partial charge in [0.05, 0.1) is 11.7 Å². The summed E-state index contributed by atoms with van der Waals surface area (Å²) in [5, 5.41) is 22.5. The molecule has 2 aromatic carbocycles. The molecule has 0 aliphatic carbocycles. The standard InChI is InChI=1S/C20H24FNO3/c1-20(2,25)11-10-14-4-3-5-16(12-14)19(24)22-13-18(23)15-6-8-17(21)9-7-15/h3-9,12,18,23,25H,10-11,13H2,1-2H3,(H,22,24)/t18-/m0/s1. The van der Waals surface area contributed by atoms with E-state index in [9.17, 15) is 19.4 Å². The fraction of sp³-hybridized carbons (Fsp3) is 0.350. The van der Waals surface area contributed by atoms with Crippen molar-refractivity contribution in [1.29, 1.82) is 0 Å². The van der Waals surface area contributed by atoms with E-state index in [0.717, 1.165) is 5.56 Å². The first-order valence-corrected chi connectivity index (χ1v) is 8.28. The van der Waals surface area contributed by atoms with Crippen LogP contribution in [0.4, 0.5) is 4.39 Å². The van der Waals surface area contributed by atoms with Crippen LogP contribution in [0.5, 0.6) is 0 Å². The zero-order valence-corrected chi connectivity index (χ0v) is 14.5. The zero-order valence-electron chi connectivity index (χ0n) is 14.5. The van der Waals surface area contributed by atoms with E-state index < -0.39 is 11.7 Å². The number of carbonyl (C=O) groups is 1. The van der Waals surface area contributed by atoms with E-state index in [1.165, 1.54) is 24.3 Å². The summed E-state index contributed by atoms with van der Waals surface area (Å²) in [6, 6.07) is 12.7. The van der Waals surface area contributed by atoms with E-state index in [4.69, 9.17) is 0 Å². The van der Waals surface area contributed by atoms with Gasteiger partial charge in [-0.15, -0.1) is 0 Å². The molecule has 0 heterocycles. The summed E-state index contributed by atoms with van der Waals surface area (Å²) in [5.74, 6) is -0.658. The smallest absolute Gasteiger partial charge is 0.251 e. The largest absolute Gasteiger partial charge is 0.390 e. The normalized spacial score (nSPS) is 12.7. The third kappa shape index (κ3) is 6.29. The van der Waals surface area contributed by atoms with Gasteiger partial charge in [0.25, 0.3) is 5.91 Å². The molecule has 0 unspecified atom stereocenters. The van der Waals surface area contributed by atoms with Crippen molar-refractivity contribution in [3.63, 3.8) is 0 Å². The number of halogens is 1. The Bertz CT molecular complexity index is 708. The Morgan fingerprint density at radius 3 is 2.52 bits per heavy atom. The van der Waals surface area contributed by atoms with E-state index in [1.54, 1.807) is 32.0 Å². The third-order valence-corrected chi connectivity index (χ3v) is 3.93. The number of amides is 1. The van der Waals surface area contributed by atoms with Crippen LogP contribution in [0.15, 0.2) is 48.5 Å². The van der Waals surface area contributed by atoms with Gasteiger partial charge in [0, 0.05) is 12.1 Å². The maximum absolute atomic E-state index is 12.9. The molecule has 0 fully saturated rings. The molecule has 2 rings (SSSR count). The number of carbonyl (C=O) groups excluding carboxylic acids is 1. The van der Waals surface area contributed by atoms with Crippen LogP contribution in [0.25, 0.3) is 0 Å². The van der Waals surface area contributed by atoms with Gasteiger partial charge in [-0.3, -0.25) is 4.79 Å². The monoisotopic (exact) mass is 345 g/mol. The number of aryl methyl sites for hydroxylation is 1. The lowest BCUT2D eigenvalue weighted by atomic mass is 9.98. The zero-order chi connectivity index (χ0) is 18.4. The molecule has 0 aliphatic heterocycles. The van der Waals surface area contributed by atoms with Gasteiger partial charge in [-0.05, 0) is 62.1 Å². The van der Waals surface area contributed by atoms with Crippen molar-refractivity contribution >= 4 is 5.91 Å². The van der Waals surface area contributed by atoms with Gasteiger partial charge in [-0.1, -0.05) is 24.3 Å². The van der Waals surface area contributed by atoms with E-state index in [2.05, 4.69) is 5.32 Å².